The molecule has 1 fully saturated rings. The quantitative estimate of drug-likeness (QED) is 0.875. The number of hydrogen-bond acceptors (Lipinski definition) is 1. The zero-order valence-electron chi connectivity index (χ0n) is 14.6. The highest BCUT2D eigenvalue weighted by Gasteiger charge is 2.43. The largest absolute Gasteiger partial charge is 0.356 e. The van der Waals surface area contributed by atoms with Crippen molar-refractivity contribution in [1.29, 1.82) is 0 Å². The first kappa shape index (κ1) is 15.2. The van der Waals surface area contributed by atoms with Gasteiger partial charge in [0.2, 0.25) is 5.91 Å². The van der Waals surface area contributed by atoms with Crippen molar-refractivity contribution >= 4 is 5.91 Å². The molecule has 1 N–H and O–H groups in total. The minimum atomic E-state index is 0.264. The molecule has 0 radical (unpaired) electrons. The van der Waals surface area contributed by atoms with E-state index in [0.717, 1.165) is 25.8 Å². The van der Waals surface area contributed by atoms with Crippen LogP contribution in [0.15, 0.2) is 48.5 Å². The maximum absolute atomic E-state index is 12.5. The zero-order valence-corrected chi connectivity index (χ0v) is 14.6. The first-order chi connectivity index (χ1) is 12.3. The summed E-state index contributed by atoms with van der Waals surface area (Å²) >= 11 is 0. The lowest BCUT2D eigenvalue weighted by Crippen LogP contribution is -2.40. The summed E-state index contributed by atoms with van der Waals surface area (Å²) in [4.78, 5) is 12.5. The summed E-state index contributed by atoms with van der Waals surface area (Å²) in [6, 6.07) is 17.9. The number of hydrogen-bond donors (Lipinski definition) is 1. The Morgan fingerprint density at radius 3 is 2.04 bits per heavy atom. The third kappa shape index (κ3) is 2.42. The molecule has 0 saturated heterocycles. The van der Waals surface area contributed by atoms with Gasteiger partial charge in [0, 0.05) is 24.3 Å². The van der Waals surface area contributed by atoms with Gasteiger partial charge in [-0.15, -0.1) is 0 Å². The van der Waals surface area contributed by atoms with Crippen LogP contribution in [0.4, 0.5) is 0 Å². The van der Waals surface area contributed by atoms with Crippen molar-refractivity contribution < 1.29 is 4.79 Å². The van der Waals surface area contributed by atoms with E-state index in [1.54, 1.807) is 0 Å². The lowest BCUT2D eigenvalue weighted by Gasteiger charge is -2.45. The molecule has 2 heteroatoms. The Morgan fingerprint density at radius 1 is 0.880 bits per heavy atom. The van der Waals surface area contributed by atoms with Gasteiger partial charge in [-0.25, -0.2) is 0 Å². The number of carbonyl (C=O) groups is 1. The minimum absolute atomic E-state index is 0.264. The van der Waals surface area contributed by atoms with E-state index >= 15 is 0 Å². The van der Waals surface area contributed by atoms with Gasteiger partial charge in [-0.3, -0.25) is 4.79 Å². The lowest BCUT2D eigenvalue weighted by atomic mass is 9.59. The second-order valence-corrected chi connectivity index (χ2v) is 8.01. The van der Waals surface area contributed by atoms with E-state index in [0.29, 0.717) is 23.7 Å². The molecule has 4 aliphatic carbocycles. The van der Waals surface area contributed by atoms with Crippen LogP contribution in [0.3, 0.4) is 0 Å². The summed E-state index contributed by atoms with van der Waals surface area (Å²) in [7, 11) is 0. The molecule has 1 saturated carbocycles. The zero-order chi connectivity index (χ0) is 16.8. The van der Waals surface area contributed by atoms with Gasteiger partial charge in [0.1, 0.15) is 0 Å². The molecule has 2 aromatic rings. The molecule has 0 aliphatic heterocycles. The van der Waals surface area contributed by atoms with Crippen LogP contribution in [0.25, 0.3) is 0 Å². The molecule has 2 nitrogen and oxygen atoms in total. The van der Waals surface area contributed by atoms with Gasteiger partial charge < -0.3 is 5.32 Å². The Labute approximate surface area is 149 Å². The molecule has 6 rings (SSSR count). The topological polar surface area (TPSA) is 29.1 Å². The Kier molecular flexibility index (Phi) is 3.65. The van der Waals surface area contributed by atoms with E-state index < -0.39 is 0 Å². The van der Waals surface area contributed by atoms with Crippen LogP contribution in [-0.2, 0) is 4.79 Å². The minimum Gasteiger partial charge on any atom is -0.356 e. The summed E-state index contributed by atoms with van der Waals surface area (Å²) in [6.07, 6.45) is 5.74. The number of fused-ring (bicyclic) bond motifs is 1. The second kappa shape index (κ2) is 6.01. The van der Waals surface area contributed by atoms with Crippen LogP contribution < -0.4 is 5.32 Å². The van der Waals surface area contributed by atoms with Crippen LogP contribution in [0.2, 0.25) is 0 Å². The lowest BCUT2D eigenvalue weighted by molar-refractivity contribution is -0.125. The van der Waals surface area contributed by atoms with Crippen LogP contribution >= 0.6 is 0 Å². The van der Waals surface area contributed by atoms with Crippen LogP contribution in [-0.4, -0.2) is 12.5 Å². The molecular formula is C23H25NO. The second-order valence-electron chi connectivity index (χ2n) is 8.01. The van der Waals surface area contributed by atoms with Crippen LogP contribution in [0, 0.1) is 11.8 Å². The normalized spacial score (nSPS) is 27.0. The fourth-order valence-corrected chi connectivity index (χ4v) is 5.52. The summed E-state index contributed by atoms with van der Waals surface area (Å²) in [5.41, 5.74) is 5.98. The van der Waals surface area contributed by atoms with Crippen molar-refractivity contribution in [3.63, 3.8) is 0 Å². The van der Waals surface area contributed by atoms with E-state index in [1.165, 1.54) is 35.1 Å². The maximum atomic E-state index is 12.5. The molecule has 25 heavy (non-hydrogen) atoms. The fraction of sp³-hybridized carbons (Fsp3) is 0.435. The van der Waals surface area contributed by atoms with Crippen molar-refractivity contribution in [1.82, 2.24) is 5.32 Å². The van der Waals surface area contributed by atoms with Gasteiger partial charge in [-0.2, -0.15) is 0 Å². The summed E-state index contributed by atoms with van der Waals surface area (Å²) in [5, 5.41) is 3.30. The van der Waals surface area contributed by atoms with Crippen LogP contribution in [0.5, 0.6) is 0 Å². The molecule has 1 atom stereocenters. The summed E-state index contributed by atoms with van der Waals surface area (Å²) < 4.78 is 0. The first-order valence-corrected chi connectivity index (χ1v) is 9.78. The number of carbonyl (C=O) groups excluding carboxylic acids is 1. The highest BCUT2D eigenvalue weighted by atomic mass is 16.1. The Bertz CT molecular complexity index is 758. The van der Waals surface area contributed by atoms with Gasteiger partial charge in [0.15, 0.2) is 0 Å². The molecular weight excluding hydrogens is 306 g/mol. The number of nitrogens with one attached hydrogen (secondary N) is 1. The SMILES string of the molecule is O=C(NCC1CC2c3ccccc3C1c1ccccc12)C1CCCC1. The number of benzene rings is 2. The van der Waals surface area contributed by atoms with Crippen molar-refractivity contribution in [3.8, 4) is 0 Å². The molecule has 1 unspecified atom stereocenters. The smallest absolute Gasteiger partial charge is 0.223 e. The predicted molar refractivity (Wildman–Crippen MR) is 99.6 cm³/mol. The maximum Gasteiger partial charge on any atom is 0.223 e. The highest BCUT2D eigenvalue weighted by molar-refractivity contribution is 5.78. The third-order valence-electron chi connectivity index (χ3n) is 6.69. The molecule has 128 valence electrons. The molecule has 1 amide bonds. The van der Waals surface area contributed by atoms with Gasteiger partial charge in [-0.1, -0.05) is 61.4 Å². The van der Waals surface area contributed by atoms with Crippen molar-refractivity contribution in [3.05, 3.63) is 70.8 Å². The van der Waals surface area contributed by atoms with E-state index in [1.807, 2.05) is 0 Å². The molecule has 4 aliphatic rings. The molecule has 0 heterocycles. The Morgan fingerprint density at radius 2 is 1.44 bits per heavy atom. The monoisotopic (exact) mass is 331 g/mol. The Hall–Kier alpha value is -2.09. The Balaban J connectivity index is 1.43. The molecule has 2 aromatic carbocycles. The van der Waals surface area contributed by atoms with Crippen molar-refractivity contribution in [2.45, 2.75) is 43.9 Å². The van der Waals surface area contributed by atoms with Gasteiger partial charge in [-0.05, 0) is 47.4 Å². The molecule has 2 bridgehead atoms. The van der Waals surface area contributed by atoms with E-state index in [4.69, 9.17) is 0 Å². The number of rotatable bonds is 3. The van der Waals surface area contributed by atoms with Gasteiger partial charge in [0.05, 0.1) is 0 Å². The van der Waals surface area contributed by atoms with Crippen molar-refractivity contribution in [2.24, 2.45) is 11.8 Å². The van der Waals surface area contributed by atoms with Gasteiger partial charge >= 0.3 is 0 Å². The standard InChI is InChI=1S/C23H25NO/c25-23(15-7-1-2-8-15)24-14-16-13-21-17-9-3-5-11-19(17)22(16)20-12-6-4-10-18(20)21/h3-6,9-12,15-16,21-22H,1-2,7-8,13-14H2,(H,24,25). The average Bonchev–Trinajstić information content (AvgIpc) is 3.21. The van der Waals surface area contributed by atoms with E-state index in [-0.39, 0.29) is 5.92 Å². The van der Waals surface area contributed by atoms with Gasteiger partial charge in [0.25, 0.3) is 0 Å². The van der Waals surface area contributed by atoms with Crippen LogP contribution in [0.1, 0.15) is 66.2 Å². The van der Waals surface area contributed by atoms with E-state index in [9.17, 15) is 4.79 Å². The summed E-state index contributed by atoms with van der Waals surface area (Å²) in [6.45, 7) is 0.819. The third-order valence-corrected chi connectivity index (χ3v) is 6.69. The summed E-state index contributed by atoms with van der Waals surface area (Å²) in [5.74, 6) is 1.99. The van der Waals surface area contributed by atoms with Crippen molar-refractivity contribution in [2.75, 3.05) is 6.54 Å². The molecule has 0 spiro atoms. The predicted octanol–water partition coefficient (Wildman–Crippen LogP) is 4.59. The average molecular weight is 331 g/mol. The fourth-order valence-electron chi connectivity index (χ4n) is 5.52. The number of amides is 1. The first-order valence-electron chi connectivity index (χ1n) is 9.78. The highest BCUT2D eigenvalue weighted by Crippen LogP contribution is 2.55. The van der Waals surface area contributed by atoms with E-state index in [2.05, 4.69) is 53.8 Å². The molecule has 0 aromatic heterocycles.